The lowest BCUT2D eigenvalue weighted by Gasteiger charge is -2.22. The highest BCUT2D eigenvalue weighted by Gasteiger charge is 2.41. The molecule has 0 fully saturated rings. The van der Waals surface area contributed by atoms with Crippen LogP contribution >= 0.6 is 0 Å². The Morgan fingerprint density at radius 2 is 1.04 bits per heavy atom. The van der Waals surface area contributed by atoms with Crippen molar-refractivity contribution in [1.29, 1.82) is 5.26 Å². The fourth-order valence-electron chi connectivity index (χ4n) is 8.58. The minimum atomic E-state index is 0.113. The van der Waals surface area contributed by atoms with Crippen LogP contribution in [-0.4, -0.2) is 15.0 Å². The minimum absolute atomic E-state index is 0.113. The molecule has 1 heterocycles. The predicted molar refractivity (Wildman–Crippen MR) is 209 cm³/mol. The summed E-state index contributed by atoms with van der Waals surface area (Å²) < 4.78 is 0. The molecular formula is C47H36N4. The van der Waals surface area contributed by atoms with Crippen LogP contribution in [0.5, 0.6) is 0 Å². The second kappa shape index (κ2) is 11.4. The highest BCUT2D eigenvalue weighted by Crippen LogP contribution is 2.50. The Morgan fingerprint density at radius 3 is 1.78 bits per heavy atom. The van der Waals surface area contributed by atoms with Gasteiger partial charge >= 0.3 is 0 Å². The molecule has 4 nitrogen and oxygen atoms in total. The molecular weight excluding hydrogens is 621 g/mol. The molecule has 0 bridgehead atoms. The third kappa shape index (κ3) is 5.08. The van der Waals surface area contributed by atoms with Crippen LogP contribution in [0.25, 0.3) is 77.6 Å². The van der Waals surface area contributed by atoms with E-state index in [2.05, 4.69) is 143 Å². The molecule has 0 aliphatic heterocycles. The highest BCUT2D eigenvalue weighted by molar-refractivity contribution is 6.11. The van der Waals surface area contributed by atoms with E-state index in [1.54, 1.807) is 0 Å². The topological polar surface area (TPSA) is 62.5 Å². The van der Waals surface area contributed by atoms with Gasteiger partial charge in [-0.05, 0) is 102 Å². The summed E-state index contributed by atoms with van der Waals surface area (Å²) in [5.74, 6) is 1.78. The Labute approximate surface area is 298 Å². The first kappa shape index (κ1) is 30.8. The molecule has 0 saturated carbocycles. The number of hydrogen-bond acceptors (Lipinski definition) is 4. The van der Waals surface area contributed by atoms with Crippen LogP contribution in [-0.2, 0) is 10.8 Å². The molecule has 1 aliphatic rings. The second-order valence-electron chi connectivity index (χ2n) is 15.1. The maximum Gasteiger partial charge on any atom is 0.164 e. The zero-order valence-corrected chi connectivity index (χ0v) is 29.2. The van der Waals surface area contributed by atoms with Crippen LogP contribution < -0.4 is 0 Å². The lowest BCUT2D eigenvalue weighted by molar-refractivity contribution is 0.403. The van der Waals surface area contributed by atoms with Gasteiger partial charge < -0.3 is 0 Å². The van der Waals surface area contributed by atoms with Crippen molar-refractivity contribution in [3.05, 3.63) is 150 Å². The monoisotopic (exact) mass is 656 g/mol. The number of benzene rings is 7. The molecule has 51 heavy (non-hydrogen) atoms. The molecule has 9 rings (SSSR count). The van der Waals surface area contributed by atoms with E-state index in [1.807, 2.05) is 24.3 Å². The standard InChI is InChI=1S/C47H36N4/c1-46(2)28-47(3,4)42-26-32(21-25-41(42)46)34-23-24-40(37-13-8-7-12-35(34)37)45-50-43(31-18-16-29(27-48)17-19-31)49-44(51-45)39-15-9-14-36-33-11-6-5-10-30(33)20-22-38(36)39/h5-26H,28H2,1-4H3. The van der Waals surface area contributed by atoms with Crippen LogP contribution in [0, 0.1) is 11.3 Å². The van der Waals surface area contributed by atoms with E-state index in [-0.39, 0.29) is 10.8 Å². The normalized spacial score (nSPS) is 14.5. The summed E-state index contributed by atoms with van der Waals surface area (Å²) in [5.41, 5.74) is 8.89. The molecule has 244 valence electrons. The van der Waals surface area contributed by atoms with Gasteiger partial charge in [0.2, 0.25) is 0 Å². The Bertz CT molecular complexity index is 2730. The Morgan fingerprint density at radius 1 is 0.471 bits per heavy atom. The molecule has 0 N–H and O–H groups in total. The molecule has 1 aromatic heterocycles. The smallest absolute Gasteiger partial charge is 0.164 e. The third-order valence-corrected chi connectivity index (χ3v) is 10.8. The van der Waals surface area contributed by atoms with E-state index in [9.17, 15) is 5.26 Å². The summed E-state index contributed by atoms with van der Waals surface area (Å²) in [4.78, 5) is 15.4. The lowest BCUT2D eigenvalue weighted by atomic mass is 9.82. The van der Waals surface area contributed by atoms with Gasteiger partial charge in [-0.25, -0.2) is 15.0 Å². The summed E-state index contributed by atoms with van der Waals surface area (Å²) in [5, 5.41) is 16.3. The van der Waals surface area contributed by atoms with Crippen LogP contribution in [0.1, 0.15) is 50.8 Å². The summed E-state index contributed by atoms with van der Waals surface area (Å²) in [6, 6.07) is 48.8. The van der Waals surface area contributed by atoms with Crippen molar-refractivity contribution < 1.29 is 0 Å². The van der Waals surface area contributed by atoms with Crippen molar-refractivity contribution in [2.45, 2.75) is 44.9 Å². The molecule has 0 unspecified atom stereocenters. The summed E-state index contributed by atoms with van der Waals surface area (Å²) >= 11 is 0. The van der Waals surface area contributed by atoms with Crippen molar-refractivity contribution in [1.82, 2.24) is 15.0 Å². The minimum Gasteiger partial charge on any atom is -0.208 e. The summed E-state index contributed by atoms with van der Waals surface area (Å²) in [6.45, 7) is 9.46. The van der Waals surface area contributed by atoms with Crippen molar-refractivity contribution in [3.63, 3.8) is 0 Å². The number of aromatic nitrogens is 3. The van der Waals surface area contributed by atoms with Crippen LogP contribution in [0.2, 0.25) is 0 Å². The number of nitrogens with zero attached hydrogens (tertiary/aromatic N) is 4. The van der Waals surface area contributed by atoms with E-state index in [4.69, 9.17) is 15.0 Å². The van der Waals surface area contributed by atoms with Gasteiger partial charge in [-0.3, -0.25) is 0 Å². The highest BCUT2D eigenvalue weighted by atomic mass is 15.0. The largest absolute Gasteiger partial charge is 0.208 e. The fraction of sp³-hybridized carbons (Fsp3) is 0.149. The molecule has 0 spiro atoms. The van der Waals surface area contributed by atoms with Gasteiger partial charge in [-0.2, -0.15) is 5.26 Å². The van der Waals surface area contributed by atoms with E-state index >= 15 is 0 Å². The van der Waals surface area contributed by atoms with Gasteiger partial charge in [0.05, 0.1) is 11.6 Å². The maximum absolute atomic E-state index is 9.47. The maximum atomic E-state index is 9.47. The molecule has 0 saturated heterocycles. The quantitative estimate of drug-likeness (QED) is 0.177. The zero-order chi connectivity index (χ0) is 34.9. The average molecular weight is 657 g/mol. The van der Waals surface area contributed by atoms with Crippen molar-refractivity contribution in [2.75, 3.05) is 0 Å². The van der Waals surface area contributed by atoms with E-state index in [0.29, 0.717) is 23.0 Å². The van der Waals surface area contributed by atoms with Crippen molar-refractivity contribution >= 4 is 32.3 Å². The van der Waals surface area contributed by atoms with Crippen LogP contribution in [0.15, 0.2) is 133 Å². The van der Waals surface area contributed by atoms with Gasteiger partial charge in [-0.15, -0.1) is 0 Å². The summed E-state index contributed by atoms with van der Waals surface area (Å²) in [6.07, 6.45) is 1.13. The van der Waals surface area contributed by atoms with E-state index < -0.39 is 0 Å². The first-order valence-electron chi connectivity index (χ1n) is 17.6. The van der Waals surface area contributed by atoms with Crippen LogP contribution in [0.3, 0.4) is 0 Å². The van der Waals surface area contributed by atoms with Gasteiger partial charge in [0.15, 0.2) is 17.5 Å². The zero-order valence-electron chi connectivity index (χ0n) is 29.2. The first-order chi connectivity index (χ1) is 24.7. The lowest BCUT2D eigenvalue weighted by Crippen LogP contribution is -2.17. The molecule has 0 atom stereocenters. The van der Waals surface area contributed by atoms with Gasteiger partial charge in [-0.1, -0.05) is 131 Å². The van der Waals surface area contributed by atoms with Gasteiger partial charge in [0, 0.05) is 16.7 Å². The van der Waals surface area contributed by atoms with E-state index in [0.717, 1.165) is 44.7 Å². The molecule has 7 aromatic carbocycles. The van der Waals surface area contributed by atoms with Crippen LogP contribution in [0.4, 0.5) is 0 Å². The van der Waals surface area contributed by atoms with Gasteiger partial charge in [0.1, 0.15) is 0 Å². The number of fused-ring (bicyclic) bond motifs is 5. The molecule has 0 radical (unpaired) electrons. The second-order valence-corrected chi connectivity index (χ2v) is 15.1. The number of hydrogen-bond donors (Lipinski definition) is 0. The summed E-state index contributed by atoms with van der Waals surface area (Å²) in [7, 11) is 0. The molecule has 4 heteroatoms. The fourth-order valence-corrected chi connectivity index (χ4v) is 8.58. The van der Waals surface area contributed by atoms with Gasteiger partial charge in [0.25, 0.3) is 0 Å². The first-order valence-corrected chi connectivity index (χ1v) is 17.6. The number of rotatable bonds is 4. The SMILES string of the molecule is CC1(C)CC(C)(C)c2cc(-c3ccc(-c4nc(-c5ccc(C#N)cc5)nc(-c5cccc6c5ccc5ccccc56)n4)c4ccccc34)ccc21. The molecule has 8 aromatic rings. The predicted octanol–water partition coefficient (Wildman–Crippen LogP) is 11.8. The molecule has 0 amide bonds. The Kier molecular flexibility index (Phi) is 6.92. The Balaban J connectivity index is 1.26. The van der Waals surface area contributed by atoms with E-state index in [1.165, 1.54) is 33.0 Å². The Hall–Kier alpha value is -6.18. The number of nitriles is 1. The average Bonchev–Trinajstić information content (AvgIpc) is 3.35. The third-order valence-electron chi connectivity index (χ3n) is 10.8. The molecule has 1 aliphatic carbocycles. The van der Waals surface area contributed by atoms with Crippen molar-refractivity contribution in [3.8, 4) is 51.4 Å². The van der Waals surface area contributed by atoms with Crippen molar-refractivity contribution in [2.24, 2.45) is 0 Å².